The molecule has 0 unspecified atom stereocenters. The first-order valence-electron chi connectivity index (χ1n) is 7.57. The van der Waals surface area contributed by atoms with Crippen molar-refractivity contribution in [3.63, 3.8) is 0 Å². The fourth-order valence-corrected chi connectivity index (χ4v) is 3.63. The van der Waals surface area contributed by atoms with Gasteiger partial charge in [0.1, 0.15) is 0 Å². The first kappa shape index (κ1) is 13.3. The summed E-state index contributed by atoms with van der Waals surface area (Å²) in [5.74, 6) is 0.885. The van der Waals surface area contributed by atoms with Crippen molar-refractivity contribution in [2.75, 3.05) is 24.5 Å². The first-order valence-corrected chi connectivity index (χ1v) is 7.95. The summed E-state index contributed by atoms with van der Waals surface area (Å²) >= 11 is 6.12. The number of nitrogens with zero attached hydrogens (tertiary/aromatic N) is 1. The summed E-state index contributed by atoms with van der Waals surface area (Å²) in [6, 6.07) is 6.34. The monoisotopic (exact) mass is 278 g/mol. The minimum Gasteiger partial charge on any atom is -0.370 e. The fraction of sp³-hybridized carbons (Fsp3) is 0.625. The number of halogens is 1. The Morgan fingerprint density at radius 2 is 2.05 bits per heavy atom. The third-order valence-corrected chi connectivity index (χ3v) is 4.69. The van der Waals surface area contributed by atoms with Crippen molar-refractivity contribution in [3.05, 3.63) is 28.8 Å². The minimum absolute atomic E-state index is 0.847. The third-order valence-electron chi connectivity index (χ3n) is 4.46. The van der Waals surface area contributed by atoms with E-state index in [-0.39, 0.29) is 0 Å². The van der Waals surface area contributed by atoms with E-state index in [0.29, 0.717) is 0 Å². The Morgan fingerprint density at radius 3 is 2.89 bits per heavy atom. The topological polar surface area (TPSA) is 15.3 Å². The van der Waals surface area contributed by atoms with Gasteiger partial charge in [0.25, 0.3) is 0 Å². The molecular weight excluding hydrogens is 256 g/mol. The highest BCUT2D eigenvalue weighted by molar-refractivity contribution is 6.30. The van der Waals surface area contributed by atoms with Gasteiger partial charge in [-0.25, -0.2) is 0 Å². The van der Waals surface area contributed by atoms with Gasteiger partial charge < -0.3 is 10.2 Å². The Kier molecular flexibility index (Phi) is 4.29. The third kappa shape index (κ3) is 3.24. The molecule has 1 aromatic rings. The van der Waals surface area contributed by atoms with Gasteiger partial charge in [0.2, 0.25) is 0 Å². The van der Waals surface area contributed by atoms with E-state index < -0.39 is 0 Å². The Hall–Kier alpha value is -0.730. The smallest absolute Gasteiger partial charge is 0.0413 e. The normalized spacial score (nSPS) is 21.0. The van der Waals surface area contributed by atoms with Crippen molar-refractivity contribution in [2.45, 2.75) is 38.6 Å². The molecule has 1 aliphatic heterocycles. The lowest BCUT2D eigenvalue weighted by molar-refractivity contribution is 0.358. The number of nitrogens with one attached hydrogen (secondary N) is 1. The summed E-state index contributed by atoms with van der Waals surface area (Å²) < 4.78 is 0. The molecule has 1 N–H and O–H groups in total. The molecule has 104 valence electrons. The van der Waals surface area contributed by atoms with Crippen LogP contribution in [0.4, 0.5) is 5.69 Å². The summed E-state index contributed by atoms with van der Waals surface area (Å²) in [7, 11) is 0. The average molecular weight is 279 g/mol. The number of benzene rings is 1. The molecule has 0 amide bonds. The molecule has 1 aromatic carbocycles. The zero-order valence-electron chi connectivity index (χ0n) is 11.5. The molecule has 1 heterocycles. The van der Waals surface area contributed by atoms with Crippen LogP contribution in [0.15, 0.2) is 18.2 Å². The highest BCUT2D eigenvalue weighted by atomic mass is 35.5. The molecule has 1 aliphatic carbocycles. The molecule has 0 spiro atoms. The second-order valence-electron chi connectivity index (χ2n) is 5.90. The fourth-order valence-electron chi connectivity index (χ4n) is 3.43. The number of fused-ring (bicyclic) bond motifs is 1. The van der Waals surface area contributed by atoms with Crippen LogP contribution in [0.1, 0.15) is 37.7 Å². The zero-order chi connectivity index (χ0) is 13.1. The van der Waals surface area contributed by atoms with Crippen molar-refractivity contribution >= 4 is 17.3 Å². The predicted molar refractivity (Wildman–Crippen MR) is 81.9 cm³/mol. The van der Waals surface area contributed by atoms with Crippen molar-refractivity contribution in [1.29, 1.82) is 0 Å². The van der Waals surface area contributed by atoms with Gasteiger partial charge >= 0.3 is 0 Å². The number of anilines is 1. The molecule has 19 heavy (non-hydrogen) atoms. The van der Waals surface area contributed by atoms with Crippen LogP contribution in [-0.2, 0) is 6.54 Å². The quantitative estimate of drug-likeness (QED) is 0.884. The van der Waals surface area contributed by atoms with Gasteiger partial charge in [-0.2, -0.15) is 0 Å². The lowest BCUT2D eigenvalue weighted by Crippen LogP contribution is -2.34. The molecule has 0 bridgehead atoms. The van der Waals surface area contributed by atoms with Gasteiger partial charge in [0, 0.05) is 36.9 Å². The van der Waals surface area contributed by atoms with E-state index in [1.54, 1.807) is 0 Å². The first-order chi connectivity index (χ1) is 9.33. The highest BCUT2D eigenvalue weighted by Gasteiger charge is 2.20. The molecule has 3 rings (SSSR count). The van der Waals surface area contributed by atoms with E-state index in [9.17, 15) is 0 Å². The van der Waals surface area contributed by atoms with Crippen LogP contribution in [0.3, 0.4) is 0 Å². The molecule has 2 aliphatic rings. The zero-order valence-corrected chi connectivity index (χ0v) is 12.3. The number of hydrogen-bond acceptors (Lipinski definition) is 2. The van der Waals surface area contributed by atoms with Crippen LogP contribution < -0.4 is 10.2 Å². The maximum Gasteiger partial charge on any atom is 0.0413 e. The summed E-state index contributed by atoms with van der Waals surface area (Å²) in [4.78, 5) is 2.57. The van der Waals surface area contributed by atoms with E-state index in [0.717, 1.165) is 30.6 Å². The van der Waals surface area contributed by atoms with E-state index >= 15 is 0 Å². The van der Waals surface area contributed by atoms with Gasteiger partial charge in [-0.05, 0) is 42.5 Å². The lowest BCUT2D eigenvalue weighted by atomic mass is 9.89. The van der Waals surface area contributed by atoms with Crippen LogP contribution in [0.25, 0.3) is 0 Å². The molecular formula is C16H23ClN2. The average Bonchev–Trinajstić information content (AvgIpc) is 2.62. The van der Waals surface area contributed by atoms with Crippen LogP contribution in [-0.4, -0.2) is 19.6 Å². The van der Waals surface area contributed by atoms with Crippen LogP contribution >= 0.6 is 11.6 Å². The summed E-state index contributed by atoms with van der Waals surface area (Å²) in [5, 5.41) is 4.34. The standard InChI is InChI=1S/C16H23ClN2/c17-15-6-7-16-14(10-15)11-18-8-9-19(16)12-13-4-2-1-3-5-13/h6-7,10,13,18H,1-5,8-9,11-12H2. The van der Waals surface area contributed by atoms with Crippen LogP contribution in [0, 0.1) is 5.92 Å². The summed E-state index contributed by atoms with van der Waals surface area (Å²) in [6.45, 7) is 4.34. The second-order valence-corrected chi connectivity index (χ2v) is 6.34. The maximum absolute atomic E-state index is 6.12. The second kappa shape index (κ2) is 6.15. The molecule has 0 radical (unpaired) electrons. The predicted octanol–water partition coefficient (Wildman–Crippen LogP) is 3.83. The van der Waals surface area contributed by atoms with Crippen LogP contribution in [0.5, 0.6) is 0 Å². The SMILES string of the molecule is Clc1ccc2c(c1)CNCCN2CC1CCCCC1. The van der Waals surface area contributed by atoms with Gasteiger partial charge in [0.05, 0.1) is 0 Å². The van der Waals surface area contributed by atoms with Crippen molar-refractivity contribution in [3.8, 4) is 0 Å². The van der Waals surface area contributed by atoms with Gasteiger partial charge in [-0.1, -0.05) is 30.9 Å². The van der Waals surface area contributed by atoms with Crippen molar-refractivity contribution < 1.29 is 0 Å². The molecule has 0 atom stereocenters. The lowest BCUT2D eigenvalue weighted by Gasteiger charge is -2.31. The highest BCUT2D eigenvalue weighted by Crippen LogP contribution is 2.30. The van der Waals surface area contributed by atoms with Crippen molar-refractivity contribution in [2.24, 2.45) is 5.92 Å². The maximum atomic E-state index is 6.12. The Bertz CT molecular complexity index is 427. The van der Waals surface area contributed by atoms with E-state index in [1.165, 1.54) is 49.9 Å². The Morgan fingerprint density at radius 1 is 1.21 bits per heavy atom. The van der Waals surface area contributed by atoms with Gasteiger partial charge in [0.15, 0.2) is 0 Å². The van der Waals surface area contributed by atoms with Crippen LogP contribution in [0.2, 0.25) is 5.02 Å². The largest absolute Gasteiger partial charge is 0.370 e. The molecule has 1 fully saturated rings. The molecule has 0 saturated heterocycles. The Balaban J connectivity index is 1.77. The van der Waals surface area contributed by atoms with Gasteiger partial charge in [-0.15, -0.1) is 0 Å². The van der Waals surface area contributed by atoms with E-state index in [4.69, 9.17) is 11.6 Å². The molecule has 0 aromatic heterocycles. The van der Waals surface area contributed by atoms with Gasteiger partial charge in [-0.3, -0.25) is 0 Å². The Labute approximate surface area is 121 Å². The number of rotatable bonds is 2. The number of hydrogen-bond donors (Lipinski definition) is 1. The minimum atomic E-state index is 0.847. The summed E-state index contributed by atoms with van der Waals surface area (Å²) in [6.07, 6.45) is 7.10. The molecule has 3 heteroatoms. The summed E-state index contributed by atoms with van der Waals surface area (Å²) in [5.41, 5.74) is 2.74. The van der Waals surface area contributed by atoms with E-state index in [1.807, 2.05) is 6.07 Å². The molecule has 1 saturated carbocycles. The molecule has 2 nitrogen and oxygen atoms in total. The van der Waals surface area contributed by atoms with Crippen molar-refractivity contribution in [1.82, 2.24) is 5.32 Å². The van der Waals surface area contributed by atoms with E-state index in [2.05, 4.69) is 22.3 Å².